The Hall–Kier alpha value is -2.22. The molecule has 2 heterocycles. The summed E-state index contributed by atoms with van der Waals surface area (Å²) in [7, 11) is 1.96. The van der Waals surface area contributed by atoms with Gasteiger partial charge in [0.05, 0.1) is 25.3 Å². The number of morpholine rings is 1. The van der Waals surface area contributed by atoms with Crippen LogP contribution in [0.1, 0.15) is 43.6 Å². The number of rotatable bonds is 6. The molecule has 0 spiro atoms. The van der Waals surface area contributed by atoms with Crippen molar-refractivity contribution in [3.05, 3.63) is 41.5 Å². The van der Waals surface area contributed by atoms with Gasteiger partial charge in [0.15, 0.2) is 0 Å². The maximum Gasteiger partial charge on any atom is 0.257 e. The molecule has 1 N–H and O–H groups in total. The highest BCUT2D eigenvalue weighted by atomic mass is 32.1. The third-order valence-electron chi connectivity index (χ3n) is 6.26. The predicted molar refractivity (Wildman–Crippen MR) is 131 cm³/mol. The molecule has 174 valence electrons. The number of carbonyl (C=O) groups is 2. The maximum atomic E-state index is 13.4. The summed E-state index contributed by atoms with van der Waals surface area (Å²) in [5.41, 5.74) is 2.61. The van der Waals surface area contributed by atoms with E-state index in [1.165, 1.54) is 11.3 Å². The maximum absolute atomic E-state index is 13.4. The van der Waals surface area contributed by atoms with Gasteiger partial charge in [-0.3, -0.25) is 14.5 Å². The van der Waals surface area contributed by atoms with E-state index < -0.39 is 0 Å². The number of anilines is 1. The van der Waals surface area contributed by atoms with Gasteiger partial charge in [0.25, 0.3) is 5.91 Å². The Kier molecular flexibility index (Phi) is 7.75. The van der Waals surface area contributed by atoms with Crippen molar-refractivity contribution in [2.45, 2.75) is 40.7 Å². The van der Waals surface area contributed by atoms with E-state index in [2.05, 4.69) is 37.9 Å². The molecule has 1 saturated heterocycles. The molecule has 0 saturated carbocycles. The van der Waals surface area contributed by atoms with Gasteiger partial charge < -0.3 is 15.0 Å². The second-order valence-corrected chi connectivity index (χ2v) is 10.6. The molecule has 0 bridgehead atoms. The molecule has 1 unspecified atom stereocenters. The lowest BCUT2D eigenvalue weighted by Crippen LogP contribution is -2.43. The Morgan fingerprint density at radius 3 is 2.41 bits per heavy atom. The fourth-order valence-corrected chi connectivity index (χ4v) is 5.06. The van der Waals surface area contributed by atoms with Gasteiger partial charge in [0.2, 0.25) is 5.91 Å². The van der Waals surface area contributed by atoms with E-state index in [1.807, 2.05) is 49.2 Å². The first-order valence-electron chi connectivity index (χ1n) is 11.2. The molecule has 1 atom stereocenters. The minimum atomic E-state index is -0.111. The number of nitrogens with zero attached hydrogens (tertiary/aromatic N) is 2. The van der Waals surface area contributed by atoms with Crippen LogP contribution in [0.5, 0.6) is 0 Å². The van der Waals surface area contributed by atoms with Gasteiger partial charge in [-0.25, -0.2) is 0 Å². The summed E-state index contributed by atoms with van der Waals surface area (Å²) in [6.45, 7) is 13.1. The topological polar surface area (TPSA) is 61.9 Å². The molecule has 3 rings (SSSR count). The Labute approximate surface area is 195 Å². The van der Waals surface area contributed by atoms with Gasteiger partial charge in [-0.2, -0.15) is 0 Å². The van der Waals surface area contributed by atoms with Crippen LogP contribution in [-0.2, 0) is 9.53 Å². The summed E-state index contributed by atoms with van der Waals surface area (Å²) >= 11 is 1.47. The zero-order chi connectivity index (χ0) is 23.5. The summed E-state index contributed by atoms with van der Waals surface area (Å²) in [5.74, 6) is -0.156. The largest absolute Gasteiger partial charge is 0.378 e. The Morgan fingerprint density at radius 1 is 1.19 bits per heavy atom. The number of nitrogens with one attached hydrogen (secondary N) is 1. The van der Waals surface area contributed by atoms with Crippen LogP contribution < -0.4 is 5.32 Å². The van der Waals surface area contributed by atoms with Crippen molar-refractivity contribution in [2.24, 2.45) is 5.41 Å². The lowest BCUT2D eigenvalue weighted by atomic mass is 9.87. The normalized spacial score (nSPS) is 15.7. The molecule has 0 aliphatic carbocycles. The van der Waals surface area contributed by atoms with E-state index in [-0.39, 0.29) is 29.8 Å². The summed E-state index contributed by atoms with van der Waals surface area (Å²) in [4.78, 5) is 31.3. The molecule has 7 heteroatoms. The van der Waals surface area contributed by atoms with E-state index in [1.54, 1.807) is 0 Å². The minimum Gasteiger partial charge on any atom is -0.378 e. The van der Waals surface area contributed by atoms with Gasteiger partial charge in [0, 0.05) is 24.0 Å². The van der Waals surface area contributed by atoms with Crippen molar-refractivity contribution in [2.75, 3.05) is 45.2 Å². The van der Waals surface area contributed by atoms with Crippen LogP contribution in [0.4, 0.5) is 5.00 Å². The van der Waals surface area contributed by atoms with Crippen LogP contribution in [0.2, 0.25) is 0 Å². The summed E-state index contributed by atoms with van der Waals surface area (Å²) in [6, 6.07) is 10.2. The van der Waals surface area contributed by atoms with E-state index >= 15 is 0 Å². The number of amides is 2. The first kappa shape index (κ1) is 24.4. The zero-order valence-corrected chi connectivity index (χ0v) is 20.8. The van der Waals surface area contributed by atoms with Crippen molar-refractivity contribution in [3.63, 3.8) is 0 Å². The molecule has 1 aliphatic heterocycles. The highest BCUT2D eigenvalue weighted by Crippen LogP contribution is 2.40. The molecule has 2 aromatic rings. The molecule has 1 fully saturated rings. The summed E-state index contributed by atoms with van der Waals surface area (Å²) < 4.78 is 5.41. The van der Waals surface area contributed by atoms with Crippen LogP contribution in [0, 0.1) is 12.3 Å². The molecule has 2 amide bonds. The number of thiophene rings is 1. The highest BCUT2D eigenvalue weighted by molar-refractivity contribution is 7.20. The first-order chi connectivity index (χ1) is 15.1. The smallest absolute Gasteiger partial charge is 0.257 e. The molecule has 1 aromatic carbocycles. The molecule has 1 aromatic heterocycles. The SMILES string of the molecule is Cc1c(-c2ccccc2)sc(NC(=O)CN(C)C(C)C(C)(C)C)c1C(=O)N1CCOCC1. The second kappa shape index (κ2) is 10.1. The van der Waals surface area contributed by atoms with E-state index in [4.69, 9.17) is 4.74 Å². The van der Waals surface area contributed by atoms with E-state index in [0.29, 0.717) is 36.9 Å². The van der Waals surface area contributed by atoms with Crippen LogP contribution in [0.15, 0.2) is 30.3 Å². The monoisotopic (exact) mass is 457 g/mol. The average molecular weight is 458 g/mol. The van der Waals surface area contributed by atoms with Crippen LogP contribution in [-0.4, -0.2) is 67.6 Å². The van der Waals surface area contributed by atoms with Crippen molar-refractivity contribution < 1.29 is 14.3 Å². The number of hydrogen-bond donors (Lipinski definition) is 1. The summed E-state index contributed by atoms with van der Waals surface area (Å²) in [5, 5.41) is 3.68. The highest BCUT2D eigenvalue weighted by Gasteiger charge is 2.29. The fourth-order valence-electron chi connectivity index (χ4n) is 3.84. The van der Waals surface area contributed by atoms with Gasteiger partial charge >= 0.3 is 0 Å². The first-order valence-corrected chi connectivity index (χ1v) is 12.0. The van der Waals surface area contributed by atoms with Gasteiger partial charge in [-0.1, -0.05) is 51.1 Å². The van der Waals surface area contributed by atoms with Crippen LogP contribution in [0.3, 0.4) is 0 Å². The molecule has 6 nitrogen and oxygen atoms in total. The number of likely N-dealkylation sites (N-methyl/N-ethyl adjacent to an activating group) is 1. The fraction of sp³-hybridized carbons (Fsp3) is 0.520. The van der Waals surface area contributed by atoms with Crippen LogP contribution >= 0.6 is 11.3 Å². The molecular weight excluding hydrogens is 422 g/mol. The second-order valence-electron chi connectivity index (χ2n) is 9.54. The van der Waals surface area contributed by atoms with Crippen molar-refractivity contribution in [1.29, 1.82) is 0 Å². The Bertz CT molecular complexity index is 943. The third-order valence-corrected chi connectivity index (χ3v) is 7.51. The van der Waals surface area contributed by atoms with Gasteiger partial charge in [-0.15, -0.1) is 11.3 Å². The third kappa shape index (κ3) is 5.57. The minimum absolute atomic E-state index is 0.0454. The zero-order valence-electron chi connectivity index (χ0n) is 20.0. The number of carbonyl (C=O) groups excluding carboxylic acids is 2. The van der Waals surface area contributed by atoms with Gasteiger partial charge in [-0.05, 0) is 37.4 Å². The predicted octanol–water partition coefficient (Wildman–Crippen LogP) is 4.50. The molecular formula is C25H35N3O3S. The lowest BCUT2D eigenvalue weighted by molar-refractivity contribution is -0.117. The van der Waals surface area contributed by atoms with E-state index in [9.17, 15) is 9.59 Å². The van der Waals surface area contributed by atoms with Crippen molar-refractivity contribution in [3.8, 4) is 10.4 Å². The molecule has 0 radical (unpaired) electrons. The Balaban J connectivity index is 1.89. The standard InChI is InChI=1S/C25H35N3O3S/c1-17-21(24(30)28-12-14-31-15-13-28)23(32-22(17)19-10-8-7-9-11-19)26-20(29)16-27(6)18(2)25(3,4)5/h7-11,18H,12-16H2,1-6H3,(H,26,29). The summed E-state index contributed by atoms with van der Waals surface area (Å²) in [6.07, 6.45) is 0. The van der Waals surface area contributed by atoms with E-state index in [0.717, 1.165) is 16.0 Å². The average Bonchev–Trinajstić information content (AvgIpc) is 3.08. The number of benzene rings is 1. The number of hydrogen-bond acceptors (Lipinski definition) is 5. The quantitative estimate of drug-likeness (QED) is 0.694. The lowest BCUT2D eigenvalue weighted by Gasteiger charge is -2.34. The van der Waals surface area contributed by atoms with Crippen molar-refractivity contribution >= 4 is 28.2 Å². The van der Waals surface area contributed by atoms with Crippen molar-refractivity contribution in [1.82, 2.24) is 9.80 Å². The van der Waals surface area contributed by atoms with Gasteiger partial charge in [0.1, 0.15) is 5.00 Å². The number of ether oxygens (including phenoxy) is 1. The van der Waals surface area contributed by atoms with Crippen LogP contribution in [0.25, 0.3) is 10.4 Å². The molecule has 1 aliphatic rings. The Morgan fingerprint density at radius 2 is 1.81 bits per heavy atom. The molecule has 32 heavy (non-hydrogen) atoms.